The van der Waals surface area contributed by atoms with E-state index in [4.69, 9.17) is 5.26 Å². The zero-order chi connectivity index (χ0) is 8.97. The number of piperidine rings is 1. The van der Waals surface area contributed by atoms with Crippen LogP contribution >= 0.6 is 0 Å². The second-order valence-electron chi connectivity index (χ2n) is 3.42. The molecule has 1 atom stereocenters. The highest BCUT2D eigenvalue weighted by atomic mass is 16.2. The van der Waals surface area contributed by atoms with Gasteiger partial charge in [0.2, 0.25) is 5.91 Å². The van der Waals surface area contributed by atoms with Gasteiger partial charge in [-0.2, -0.15) is 5.26 Å². The van der Waals surface area contributed by atoms with Gasteiger partial charge in [0, 0.05) is 13.1 Å². The molecule has 1 amide bonds. The van der Waals surface area contributed by atoms with E-state index in [1.54, 1.807) is 4.90 Å². The molecule has 3 nitrogen and oxygen atoms in total. The van der Waals surface area contributed by atoms with Crippen LogP contribution in [-0.2, 0) is 4.79 Å². The van der Waals surface area contributed by atoms with Crippen molar-refractivity contribution in [3.8, 4) is 6.07 Å². The quantitative estimate of drug-likeness (QED) is 0.586. The number of carbonyl (C=O) groups excluding carboxylic acids is 1. The maximum atomic E-state index is 11.2. The summed E-state index contributed by atoms with van der Waals surface area (Å²) in [6.45, 7) is 3.82. The van der Waals surface area contributed by atoms with E-state index < -0.39 is 0 Å². The zero-order valence-corrected chi connectivity index (χ0v) is 7.42. The molecule has 0 radical (unpaired) electrons. The summed E-state index contributed by atoms with van der Waals surface area (Å²) < 4.78 is 0. The lowest BCUT2D eigenvalue weighted by Crippen LogP contribution is -2.38. The monoisotopic (exact) mass is 166 g/mol. The molecule has 3 heteroatoms. The van der Waals surface area contributed by atoms with E-state index in [1.807, 2.05) is 6.07 Å². The number of carbonyl (C=O) groups is 1. The molecule has 0 saturated carbocycles. The molecule has 0 bridgehead atoms. The molecule has 1 heterocycles. The predicted molar refractivity (Wildman–Crippen MR) is 45.2 cm³/mol. The minimum atomic E-state index is -0.0101. The summed E-state index contributed by atoms with van der Waals surface area (Å²) in [4.78, 5) is 13.1. The average Bonchev–Trinajstić information content (AvgIpc) is 2.05. The Hall–Kier alpha value is -1.04. The minimum Gasteiger partial charge on any atom is -0.342 e. The molecule has 0 aliphatic carbocycles. The number of amides is 1. The summed E-state index contributed by atoms with van der Waals surface area (Å²) in [5, 5.41) is 8.34. The van der Waals surface area contributed by atoms with Gasteiger partial charge in [-0.15, -0.1) is 0 Å². The first-order valence-electron chi connectivity index (χ1n) is 4.38. The third-order valence-corrected chi connectivity index (χ3v) is 2.24. The number of hydrogen-bond donors (Lipinski definition) is 0. The maximum Gasteiger partial charge on any atom is 0.236 e. The van der Waals surface area contributed by atoms with E-state index in [2.05, 4.69) is 6.92 Å². The first-order chi connectivity index (χ1) is 5.74. The molecule has 0 aromatic heterocycles. The van der Waals surface area contributed by atoms with Crippen molar-refractivity contribution in [3.05, 3.63) is 0 Å². The van der Waals surface area contributed by atoms with E-state index in [1.165, 1.54) is 6.42 Å². The van der Waals surface area contributed by atoms with Crippen LogP contribution in [0, 0.1) is 17.2 Å². The third-order valence-electron chi connectivity index (χ3n) is 2.24. The van der Waals surface area contributed by atoms with Gasteiger partial charge in [-0.3, -0.25) is 4.79 Å². The first-order valence-corrected chi connectivity index (χ1v) is 4.38. The first kappa shape index (κ1) is 9.05. The highest BCUT2D eigenvalue weighted by molar-refractivity contribution is 5.78. The van der Waals surface area contributed by atoms with Crippen molar-refractivity contribution in [1.82, 2.24) is 4.90 Å². The van der Waals surface area contributed by atoms with E-state index in [-0.39, 0.29) is 12.3 Å². The van der Waals surface area contributed by atoms with Crippen LogP contribution in [-0.4, -0.2) is 23.9 Å². The fraction of sp³-hybridized carbons (Fsp3) is 0.778. The molecule has 0 aromatic rings. The summed E-state index contributed by atoms with van der Waals surface area (Å²) in [6.07, 6.45) is 2.32. The summed E-state index contributed by atoms with van der Waals surface area (Å²) in [6, 6.07) is 1.89. The highest BCUT2D eigenvalue weighted by Gasteiger charge is 2.19. The summed E-state index contributed by atoms with van der Waals surface area (Å²) >= 11 is 0. The minimum absolute atomic E-state index is 0.0101. The molecule has 1 aliphatic rings. The highest BCUT2D eigenvalue weighted by Crippen LogP contribution is 2.15. The van der Waals surface area contributed by atoms with E-state index in [0.29, 0.717) is 5.92 Å². The molecule has 1 rings (SSSR count). The molecule has 1 fully saturated rings. The Kier molecular flexibility index (Phi) is 3.09. The van der Waals surface area contributed by atoms with Crippen LogP contribution in [0.5, 0.6) is 0 Å². The molecule has 0 N–H and O–H groups in total. The number of hydrogen-bond acceptors (Lipinski definition) is 2. The lowest BCUT2D eigenvalue weighted by Gasteiger charge is -2.30. The molecule has 1 unspecified atom stereocenters. The van der Waals surface area contributed by atoms with Gasteiger partial charge in [0.1, 0.15) is 6.42 Å². The largest absolute Gasteiger partial charge is 0.342 e. The van der Waals surface area contributed by atoms with Crippen molar-refractivity contribution >= 4 is 5.91 Å². The molecular formula is C9H14N2O. The molecule has 0 spiro atoms. The summed E-state index contributed by atoms with van der Waals surface area (Å²) in [7, 11) is 0. The maximum absolute atomic E-state index is 11.2. The van der Waals surface area contributed by atoms with Crippen molar-refractivity contribution in [2.45, 2.75) is 26.2 Å². The standard InChI is InChI=1S/C9H14N2O/c1-8-3-2-6-11(7-8)9(12)4-5-10/h8H,2-4,6-7H2,1H3. The van der Waals surface area contributed by atoms with Crippen molar-refractivity contribution in [1.29, 1.82) is 5.26 Å². The fourth-order valence-corrected chi connectivity index (χ4v) is 1.60. The predicted octanol–water partition coefficient (Wildman–Crippen LogP) is 1.16. The van der Waals surface area contributed by atoms with Gasteiger partial charge in [0.15, 0.2) is 0 Å². The van der Waals surface area contributed by atoms with E-state index in [0.717, 1.165) is 19.5 Å². The normalized spacial score (nSPS) is 23.3. The van der Waals surface area contributed by atoms with Crippen LogP contribution in [0.2, 0.25) is 0 Å². The molecule has 0 aromatic carbocycles. The van der Waals surface area contributed by atoms with Crippen LogP contribution in [0.3, 0.4) is 0 Å². The average molecular weight is 166 g/mol. The van der Waals surface area contributed by atoms with Crippen molar-refractivity contribution in [3.63, 3.8) is 0 Å². The van der Waals surface area contributed by atoms with Gasteiger partial charge in [-0.05, 0) is 18.8 Å². The SMILES string of the molecule is CC1CCCN(C(=O)CC#N)C1. The second kappa shape index (κ2) is 4.10. The van der Waals surface area contributed by atoms with Crippen molar-refractivity contribution in [2.24, 2.45) is 5.92 Å². The molecule has 66 valence electrons. The van der Waals surface area contributed by atoms with Gasteiger partial charge in [-0.25, -0.2) is 0 Å². The second-order valence-corrected chi connectivity index (χ2v) is 3.42. The van der Waals surface area contributed by atoms with Crippen LogP contribution in [0.1, 0.15) is 26.2 Å². The number of nitriles is 1. The molecular weight excluding hydrogens is 152 g/mol. The van der Waals surface area contributed by atoms with Crippen LogP contribution in [0.15, 0.2) is 0 Å². The smallest absolute Gasteiger partial charge is 0.236 e. The molecule has 1 saturated heterocycles. The Morgan fingerprint density at radius 1 is 1.75 bits per heavy atom. The lowest BCUT2D eigenvalue weighted by atomic mass is 10.0. The van der Waals surface area contributed by atoms with Gasteiger partial charge >= 0.3 is 0 Å². The van der Waals surface area contributed by atoms with Crippen LogP contribution < -0.4 is 0 Å². The Labute approximate surface area is 73.0 Å². The van der Waals surface area contributed by atoms with E-state index in [9.17, 15) is 4.79 Å². The molecule has 1 aliphatic heterocycles. The van der Waals surface area contributed by atoms with Gasteiger partial charge < -0.3 is 4.90 Å². The Balaban J connectivity index is 2.41. The summed E-state index contributed by atoms with van der Waals surface area (Å²) in [5.74, 6) is 0.588. The molecule has 12 heavy (non-hydrogen) atoms. The Morgan fingerprint density at radius 3 is 3.08 bits per heavy atom. The summed E-state index contributed by atoms with van der Waals surface area (Å²) in [5.41, 5.74) is 0. The zero-order valence-electron chi connectivity index (χ0n) is 7.42. The van der Waals surface area contributed by atoms with Gasteiger partial charge in [-0.1, -0.05) is 6.92 Å². The van der Waals surface area contributed by atoms with Crippen molar-refractivity contribution in [2.75, 3.05) is 13.1 Å². The van der Waals surface area contributed by atoms with Crippen LogP contribution in [0.25, 0.3) is 0 Å². The Bertz CT molecular complexity index is 207. The fourth-order valence-electron chi connectivity index (χ4n) is 1.60. The third kappa shape index (κ3) is 2.23. The van der Waals surface area contributed by atoms with Crippen molar-refractivity contribution < 1.29 is 4.79 Å². The van der Waals surface area contributed by atoms with Gasteiger partial charge in [0.25, 0.3) is 0 Å². The Morgan fingerprint density at radius 2 is 2.50 bits per heavy atom. The number of likely N-dealkylation sites (tertiary alicyclic amines) is 1. The van der Waals surface area contributed by atoms with Gasteiger partial charge in [0.05, 0.1) is 6.07 Å². The lowest BCUT2D eigenvalue weighted by molar-refractivity contribution is -0.131. The van der Waals surface area contributed by atoms with Crippen LogP contribution in [0.4, 0.5) is 0 Å². The van der Waals surface area contributed by atoms with E-state index >= 15 is 0 Å². The number of nitrogens with zero attached hydrogens (tertiary/aromatic N) is 2. The topological polar surface area (TPSA) is 44.1 Å². The number of rotatable bonds is 1.